The first-order chi connectivity index (χ1) is 71.3. The number of carbonyl (C=O) groups excluding carboxylic acids is 9. The number of methoxy groups -OCH3 is 3. The topological polar surface area (TPSA) is 247 Å². The normalized spacial score (nSPS) is 22.7. The first-order valence-electron chi connectivity index (χ1n) is 53.9. The predicted octanol–water partition coefficient (Wildman–Crippen LogP) is 11.4. The molecule has 24 nitrogen and oxygen atoms in total. The molecule has 9 aromatic rings. The maximum atomic E-state index is 14.2. The lowest BCUT2D eigenvalue weighted by atomic mass is 9.90. The van der Waals surface area contributed by atoms with Crippen LogP contribution in [0, 0.1) is 0 Å². The Morgan fingerprint density at radius 1 is 0.392 bits per heavy atom. The van der Waals surface area contributed by atoms with Gasteiger partial charge in [0.25, 0.3) is 17.7 Å². The number of allylic oxidation sites excluding steroid dienone is 3. The number of nitrogens with one attached hydrogen (secondary N) is 3. The summed E-state index contributed by atoms with van der Waals surface area (Å²) < 4.78 is 298. The number of ether oxygens (including phenoxy) is 3. The Morgan fingerprint density at radius 3 is 1.16 bits per heavy atom. The quantitative estimate of drug-likeness (QED) is 0.0344. The molecule has 6 heterocycles. The van der Waals surface area contributed by atoms with Gasteiger partial charge in [-0.25, -0.2) is 14.4 Å². The molecule has 0 aromatic heterocycles. The average molecular weight is 1650 g/mol. The molecule has 6 amide bonds. The van der Waals surface area contributed by atoms with E-state index in [0.29, 0.717) is 55.5 Å². The van der Waals surface area contributed by atoms with Gasteiger partial charge in [0.15, 0.2) is 0 Å². The van der Waals surface area contributed by atoms with Gasteiger partial charge in [0.2, 0.25) is 17.7 Å². The highest BCUT2D eigenvalue weighted by atomic mass is 16.5. The number of hydrogen-bond acceptors (Lipinski definition) is 18. The summed E-state index contributed by atoms with van der Waals surface area (Å²) in [5.74, 6) is -8.66. The van der Waals surface area contributed by atoms with Crippen LogP contribution in [-0.4, -0.2) is 244 Å². The zero-order valence-electron chi connectivity index (χ0n) is 99.3. The Labute approximate surface area is 747 Å². The van der Waals surface area contributed by atoms with Crippen LogP contribution in [0.2, 0.25) is 0 Å². The molecule has 618 valence electrons. The fraction of sp³-hybridized carbons (Fsp3) is 0.281. The van der Waals surface area contributed by atoms with Gasteiger partial charge in [0.1, 0.15) is 0 Å². The molecule has 9 aromatic carbocycles. The maximum absolute atomic E-state index is 14.2. The average Bonchev–Trinajstić information content (AvgIpc) is 1.25. The van der Waals surface area contributed by atoms with Gasteiger partial charge in [0, 0.05) is 165 Å². The summed E-state index contributed by atoms with van der Waals surface area (Å²) in [6.07, 6.45) is -1.19. The van der Waals surface area contributed by atoms with E-state index >= 15 is 0 Å². The molecule has 15 rings (SSSR count). The molecule has 6 aliphatic heterocycles. The minimum absolute atomic E-state index is 0.0201. The van der Waals surface area contributed by atoms with Gasteiger partial charge in [-0.1, -0.05) is 145 Å². The van der Waals surface area contributed by atoms with Crippen molar-refractivity contribution in [3.8, 4) is 0 Å². The summed E-state index contributed by atoms with van der Waals surface area (Å²) in [6.45, 7) is -20.9. The number of likely N-dealkylation sites (N-methyl/N-ethyl adjacent to an activating group) is 6. The van der Waals surface area contributed by atoms with Crippen LogP contribution in [-0.2, 0) is 62.2 Å². The van der Waals surface area contributed by atoms with Crippen LogP contribution in [0.4, 0.5) is 34.1 Å². The number of piperazine rings is 3. The zero-order chi connectivity index (χ0) is 114. The van der Waals surface area contributed by atoms with E-state index < -0.39 is 246 Å². The van der Waals surface area contributed by atoms with Crippen LogP contribution in [0.3, 0.4) is 0 Å². The zero-order valence-corrected chi connectivity index (χ0v) is 66.3. The van der Waals surface area contributed by atoms with E-state index in [0.717, 1.165) is 37.1 Å². The lowest BCUT2D eigenvalue weighted by molar-refractivity contribution is -0.120. The monoisotopic (exact) mass is 1650 g/mol. The highest BCUT2D eigenvalue weighted by molar-refractivity contribution is 6.39. The number of anilines is 6. The predicted molar refractivity (Wildman–Crippen MR) is 471 cm³/mol. The van der Waals surface area contributed by atoms with Crippen molar-refractivity contribution in [3.63, 3.8) is 0 Å². The maximum Gasteiger partial charge on any atom is 0.337 e. The number of hydrogen-bond donors (Lipinski definition) is 3. The standard InChI is InChI=1S/3C32H34N4O4/c3*1-34-15-17-36(18-16-34)21-29(37)35(2)25-12-9-22(10-13-25)19-27(23-7-5-4-6-8-23)30-26-14-11-24(32(39)40-3)20-28(26)33-31(30)38/h3*4-14,20H,15-19,21H2,1-3H3,(H,33,38)/b3*30-27+/i2D3,9D,10D,12D,13D,15D2,16D2,17D2,18D2,21D2;9D,10D,11D,12D,13D,14D,20D,21D2;9D,10D,11D,12D,13D,14D,20D. The second-order valence-corrected chi connectivity index (χ2v) is 27.7. The molecule has 3 N–H and O–H groups in total. The number of esters is 3. The van der Waals surface area contributed by atoms with E-state index in [1.807, 2.05) is 23.9 Å². The number of carbonyl (C=O) groups is 9. The lowest BCUT2D eigenvalue weighted by Crippen LogP contribution is -2.48. The third kappa shape index (κ3) is 20.5. The van der Waals surface area contributed by atoms with Crippen LogP contribution < -0.4 is 30.7 Å². The fourth-order valence-corrected chi connectivity index (χ4v) is 13.1. The molecule has 0 spiro atoms. The van der Waals surface area contributed by atoms with Crippen molar-refractivity contribution in [2.45, 2.75) is 19.3 Å². The molecule has 0 unspecified atom stereocenters. The highest BCUT2D eigenvalue weighted by Crippen LogP contribution is 2.43. The summed E-state index contributed by atoms with van der Waals surface area (Å²) in [4.78, 5) is 127. The van der Waals surface area contributed by atoms with Gasteiger partial charge < -0.3 is 59.6 Å². The fourth-order valence-electron chi connectivity index (χ4n) is 13.1. The largest absolute Gasteiger partial charge is 0.465 e. The van der Waals surface area contributed by atoms with Crippen molar-refractivity contribution < 1.29 is 103 Å². The summed E-state index contributed by atoms with van der Waals surface area (Å²) in [7, 11) is 10.5. The molecule has 6 aliphatic rings. The van der Waals surface area contributed by atoms with Crippen molar-refractivity contribution in [3.05, 3.63) is 285 Å². The first kappa shape index (κ1) is 52.2. The molecule has 120 heavy (non-hydrogen) atoms. The summed E-state index contributed by atoms with van der Waals surface area (Å²) in [5.41, 5.74) is -1.77. The molecule has 0 aliphatic carbocycles. The molecular weight excluding hydrogens is 1510 g/mol. The Morgan fingerprint density at radius 2 is 0.750 bits per heavy atom. The molecule has 3 saturated heterocycles. The summed E-state index contributed by atoms with van der Waals surface area (Å²) in [5, 5.41) is 7.72. The van der Waals surface area contributed by atoms with Crippen molar-refractivity contribution >= 4 is 121 Å². The van der Waals surface area contributed by atoms with Gasteiger partial charge in [0.05, 0.1) is 104 Å². The second kappa shape index (κ2) is 39.2. The minimum Gasteiger partial charge on any atom is -0.465 e. The van der Waals surface area contributed by atoms with E-state index in [1.54, 1.807) is 91.0 Å². The van der Waals surface area contributed by atoms with Crippen LogP contribution in [0.1, 0.15) is 126 Å². The number of nitrogens with zero attached hydrogens (tertiary/aromatic N) is 9. The van der Waals surface area contributed by atoms with Gasteiger partial charge >= 0.3 is 17.9 Å². The van der Waals surface area contributed by atoms with Gasteiger partial charge in [-0.05, 0) is 163 Å². The van der Waals surface area contributed by atoms with E-state index in [-0.39, 0.29) is 127 Å². The van der Waals surface area contributed by atoms with Crippen molar-refractivity contribution in [1.29, 1.82) is 0 Å². The Balaban J connectivity index is 0.000000192. The number of benzene rings is 9. The smallest absolute Gasteiger partial charge is 0.337 e. The van der Waals surface area contributed by atoms with Crippen LogP contribution in [0.5, 0.6) is 0 Å². The molecule has 0 radical (unpaired) electrons. The molecular formula is C96H102N12O12. The minimum atomic E-state index is -4.28. The first-order valence-corrected chi connectivity index (χ1v) is 37.4. The van der Waals surface area contributed by atoms with E-state index in [4.69, 9.17) is 59.4 Å². The molecule has 3 fully saturated rings. The lowest BCUT2D eigenvalue weighted by Gasteiger charge is -2.32. The third-order valence-electron chi connectivity index (χ3n) is 19.7. The molecule has 24 heteroatoms. The van der Waals surface area contributed by atoms with E-state index in [1.165, 1.54) is 44.3 Å². The van der Waals surface area contributed by atoms with Crippen LogP contribution in [0.15, 0.2) is 218 Å². The van der Waals surface area contributed by atoms with Crippen molar-refractivity contribution in [2.75, 3.05) is 192 Å². The SMILES string of the molecule is [2H]c1c([2H])c(N(C(=O)C([2H])([2H])N2C([2H])([2H])C([2H])([2H])N(C)C([2H])([2H])C2([2H])[2H])C([2H])([2H])[2H])c([2H])c([2H])c1C/C(=C1\C(=O)Nc2cc(C(=O)OC)ccc21)c1ccccc1.[2H]c1c([2H])c(N(C)C(=O)C([2H])([2H])N2CCN(C)CC2)c([2H])c([2H])c1C/C(=C1\C(=O)Nc2c([2H])c(C(=O)OC)c([2H])c([2H])c21)c1ccccc1.[2H]c1c([2H])c(N(C)C(=O)CN2CCN(C)CC2)c([2H])c([2H])c1C/C(=C1\C(=O)Nc2c([2H])c(C(=O)OC)c([2H])c([2H])c21)c1ccccc1. The number of rotatable bonds is 21. The van der Waals surface area contributed by atoms with Crippen LogP contribution >= 0.6 is 0 Å². The Hall–Kier alpha value is -12.8. The third-order valence-corrected chi connectivity index (χ3v) is 19.7. The molecule has 0 atom stereocenters. The Bertz CT molecular complexity index is 7180. The molecule has 0 saturated carbocycles. The Kier molecular flexibility index (Phi) is 17.0. The summed E-state index contributed by atoms with van der Waals surface area (Å²) in [6, 6.07) is 17.7. The van der Waals surface area contributed by atoms with Crippen LogP contribution in [0.25, 0.3) is 33.4 Å². The molecule has 0 bridgehead atoms. The number of amides is 6. The van der Waals surface area contributed by atoms with Crippen molar-refractivity contribution in [1.82, 2.24) is 29.4 Å². The van der Waals surface area contributed by atoms with E-state index in [9.17, 15) is 43.2 Å². The highest BCUT2D eigenvalue weighted by Gasteiger charge is 2.34. The van der Waals surface area contributed by atoms with Crippen molar-refractivity contribution in [2.24, 2.45) is 0 Å². The van der Waals surface area contributed by atoms with Gasteiger partial charge in [-0.3, -0.25) is 43.5 Å². The number of fused-ring (bicyclic) bond motifs is 3. The van der Waals surface area contributed by atoms with Gasteiger partial charge in [-0.2, -0.15) is 0 Å². The van der Waals surface area contributed by atoms with Gasteiger partial charge in [-0.15, -0.1) is 0 Å². The van der Waals surface area contributed by atoms with E-state index in [2.05, 4.69) is 20.9 Å². The summed E-state index contributed by atoms with van der Waals surface area (Å²) >= 11 is 0. The second-order valence-electron chi connectivity index (χ2n) is 27.7.